The molecule has 164 valence electrons. The van der Waals surface area contributed by atoms with Crippen molar-refractivity contribution < 1.29 is 4.79 Å². The second-order valence-corrected chi connectivity index (χ2v) is 9.18. The van der Waals surface area contributed by atoms with Crippen molar-refractivity contribution in [2.75, 3.05) is 10.6 Å². The summed E-state index contributed by atoms with van der Waals surface area (Å²) < 4.78 is 2.85. The van der Waals surface area contributed by atoms with E-state index in [-0.39, 0.29) is 11.9 Å². The Kier molecular flexibility index (Phi) is 5.79. The highest BCUT2D eigenvalue weighted by atomic mass is 79.9. The minimum absolute atomic E-state index is 0.157. The molecule has 2 heterocycles. The number of nitrogens with zero attached hydrogens (tertiary/aromatic N) is 2. The summed E-state index contributed by atoms with van der Waals surface area (Å²) in [6, 6.07) is 23.4. The normalized spacial score (nSPS) is 14.8. The van der Waals surface area contributed by atoms with Gasteiger partial charge in [0.2, 0.25) is 0 Å². The molecule has 5 rings (SSSR count). The molecule has 7 heteroatoms. The highest BCUT2D eigenvalue weighted by molar-refractivity contribution is 9.10. The number of rotatable bonds is 4. The molecule has 1 atom stereocenters. The number of aromatic nitrogens is 2. The maximum absolute atomic E-state index is 13.3. The van der Waals surface area contributed by atoms with Crippen molar-refractivity contribution in [3.05, 3.63) is 117 Å². The zero-order valence-corrected chi connectivity index (χ0v) is 20.1. The van der Waals surface area contributed by atoms with Crippen LogP contribution in [0.25, 0.3) is 5.70 Å². The SMILES string of the molecule is Cc1ccc(Cl)cc1NC(=O)c1cnn2c1NC(c1ccc(Br)cc1)=CC2c1ccccc1. The molecule has 0 bridgehead atoms. The van der Waals surface area contributed by atoms with Crippen LogP contribution in [0.2, 0.25) is 5.02 Å². The first-order chi connectivity index (χ1) is 16.0. The van der Waals surface area contributed by atoms with Crippen molar-refractivity contribution in [3.63, 3.8) is 0 Å². The van der Waals surface area contributed by atoms with Crippen molar-refractivity contribution in [3.8, 4) is 0 Å². The van der Waals surface area contributed by atoms with E-state index in [9.17, 15) is 4.79 Å². The average Bonchev–Trinajstić information content (AvgIpc) is 3.26. The Morgan fingerprint density at radius 1 is 1.09 bits per heavy atom. The van der Waals surface area contributed by atoms with E-state index in [0.717, 1.165) is 26.9 Å². The zero-order chi connectivity index (χ0) is 22.9. The minimum atomic E-state index is -0.252. The summed E-state index contributed by atoms with van der Waals surface area (Å²) in [5.74, 6) is 0.388. The lowest BCUT2D eigenvalue weighted by Gasteiger charge is -2.26. The number of hydrogen-bond acceptors (Lipinski definition) is 3. The summed E-state index contributed by atoms with van der Waals surface area (Å²) in [7, 11) is 0. The van der Waals surface area contributed by atoms with Crippen LogP contribution in [0.5, 0.6) is 0 Å². The predicted molar refractivity (Wildman–Crippen MR) is 137 cm³/mol. The molecule has 2 N–H and O–H groups in total. The van der Waals surface area contributed by atoms with E-state index in [0.29, 0.717) is 22.1 Å². The summed E-state index contributed by atoms with van der Waals surface area (Å²) in [5, 5.41) is 11.6. The van der Waals surface area contributed by atoms with Crippen LogP contribution in [0.3, 0.4) is 0 Å². The first kappa shape index (κ1) is 21.5. The second-order valence-electron chi connectivity index (χ2n) is 7.83. The molecular formula is C26H20BrClN4O. The van der Waals surface area contributed by atoms with Crippen molar-refractivity contribution in [1.82, 2.24) is 9.78 Å². The molecule has 3 aromatic carbocycles. The van der Waals surface area contributed by atoms with E-state index in [2.05, 4.69) is 49.9 Å². The van der Waals surface area contributed by atoms with Gasteiger partial charge in [-0.25, -0.2) is 4.68 Å². The lowest BCUT2D eigenvalue weighted by atomic mass is 10.0. The third-order valence-corrected chi connectivity index (χ3v) is 6.39. The average molecular weight is 520 g/mol. The number of anilines is 2. The highest BCUT2D eigenvalue weighted by Crippen LogP contribution is 2.36. The molecule has 5 nitrogen and oxygen atoms in total. The standard InChI is InChI=1S/C26H20BrClN4O/c1-16-7-12-20(28)13-22(16)31-26(33)21-15-29-32-24(18-5-3-2-4-6-18)14-23(30-25(21)32)17-8-10-19(27)11-9-17/h2-15,24,30H,1H3,(H,31,33). The monoisotopic (exact) mass is 518 g/mol. The lowest BCUT2D eigenvalue weighted by Crippen LogP contribution is -2.22. The van der Waals surface area contributed by atoms with Gasteiger partial charge in [0.25, 0.3) is 5.91 Å². The number of hydrogen-bond donors (Lipinski definition) is 2. The van der Waals surface area contributed by atoms with Crippen LogP contribution < -0.4 is 10.6 Å². The molecule has 33 heavy (non-hydrogen) atoms. The summed E-state index contributed by atoms with van der Waals surface area (Å²) in [6.45, 7) is 1.93. The first-order valence-electron chi connectivity index (χ1n) is 10.4. The number of carbonyl (C=O) groups excluding carboxylic acids is 1. The quantitative estimate of drug-likeness (QED) is 0.308. The number of allylic oxidation sites excluding steroid dienone is 1. The molecule has 0 saturated carbocycles. The lowest BCUT2D eigenvalue weighted by molar-refractivity contribution is 0.102. The minimum Gasteiger partial charge on any atom is -0.339 e. The number of amides is 1. The summed E-state index contributed by atoms with van der Waals surface area (Å²) in [5.41, 5.74) is 5.07. The van der Waals surface area contributed by atoms with E-state index >= 15 is 0 Å². The van der Waals surface area contributed by atoms with Crippen molar-refractivity contribution in [2.24, 2.45) is 0 Å². The van der Waals surface area contributed by atoms with Gasteiger partial charge in [-0.3, -0.25) is 4.79 Å². The van der Waals surface area contributed by atoms with Crippen LogP contribution in [-0.2, 0) is 0 Å². The number of benzene rings is 3. The smallest absolute Gasteiger partial charge is 0.261 e. The van der Waals surface area contributed by atoms with Gasteiger partial charge in [0, 0.05) is 20.9 Å². The van der Waals surface area contributed by atoms with Crippen LogP contribution in [-0.4, -0.2) is 15.7 Å². The Balaban J connectivity index is 1.55. The molecule has 0 radical (unpaired) electrons. The van der Waals surface area contributed by atoms with E-state index < -0.39 is 0 Å². The Labute approximate surface area is 205 Å². The van der Waals surface area contributed by atoms with Gasteiger partial charge in [-0.2, -0.15) is 5.10 Å². The van der Waals surface area contributed by atoms with Crippen LogP contribution in [0.15, 0.2) is 89.5 Å². The Morgan fingerprint density at radius 2 is 1.85 bits per heavy atom. The number of halogens is 2. The fourth-order valence-corrected chi connectivity index (χ4v) is 4.30. The highest BCUT2D eigenvalue weighted by Gasteiger charge is 2.28. The Bertz CT molecular complexity index is 1360. The Morgan fingerprint density at radius 3 is 2.61 bits per heavy atom. The fourth-order valence-electron chi connectivity index (χ4n) is 3.87. The maximum Gasteiger partial charge on any atom is 0.261 e. The summed E-state index contributed by atoms with van der Waals surface area (Å²) >= 11 is 9.63. The Hall–Kier alpha value is -3.35. The molecule has 1 amide bonds. The number of fused-ring (bicyclic) bond motifs is 1. The molecule has 1 aliphatic heterocycles. The van der Waals surface area contributed by atoms with Gasteiger partial charge < -0.3 is 10.6 Å². The molecule has 4 aromatic rings. The van der Waals surface area contributed by atoms with Gasteiger partial charge in [0.1, 0.15) is 11.4 Å². The van der Waals surface area contributed by atoms with Gasteiger partial charge in [-0.15, -0.1) is 0 Å². The molecule has 0 aliphatic carbocycles. The van der Waals surface area contributed by atoms with Gasteiger partial charge in [-0.05, 0) is 54.0 Å². The number of aryl methyl sites for hydroxylation is 1. The second kappa shape index (κ2) is 8.89. The van der Waals surface area contributed by atoms with Crippen LogP contribution in [0.1, 0.15) is 33.1 Å². The van der Waals surface area contributed by atoms with E-state index in [1.54, 1.807) is 18.3 Å². The molecule has 0 spiro atoms. The van der Waals surface area contributed by atoms with Crippen LogP contribution in [0, 0.1) is 6.92 Å². The third-order valence-electron chi connectivity index (χ3n) is 5.63. The largest absolute Gasteiger partial charge is 0.339 e. The molecule has 1 unspecified atom stereocenters. The fraction of sp³-hybridized carbons (Fsp3) is 0.0769. The van der Waals surface area contributed by atoms with Crippen LogP contribution >= 0.6 is 27.5 Å². The zero-order valence-electron chi connectivity index (χ0n) is 17.7. The molecule has 1 aromatic heterocycles. The number of nitrogens with one attached hydrogen (secondary N) is 2. The topological polar surface area (TPSA) is 59.0 Å². The van der Waals surface area contributed by atoms with Gasteiger partial charge in [-0.1, -0.05) is 76.1 Å². The molecular weight excluding hydrogens is 500 g/mol. The summed E-state index contributed by atoms with van der Waals surface area (Å²) in [6.07, 6.45) is 3.73. The third kappa shape index (κ3) is 4.32. The molecule has 0 saturated heterocycles. The number of carbonyl (C=O) groups is 1. The van der Waals surface area contributed by atoms with E-state index in [4.69, 9.17) is 11.6 Å². The van der Waals surface area contributed by atoms with E-state index in [1.165, 1.54) is 0 Å². The van der Waals surface area contributed by atoms with Crippen LogP contribution in [0.4, 0.5) is 11.5 Å². The summed E-state index contributed by atoms with van der Waals surface area (Å²) in [4.78, 5) is 13.3. The van der Waals surface area contributed by atoms with Crippen molar-refractivity contribution in [1.29, 1.82) is 0 Å². The molecule has 1 aliphatic rings. The first-order valence-corrected chi connectivity index (χ1v) is 11.6. The van der Waals surface area contributed by atoms with Gasteiger partial charge >= 0.3 is 0 Å². The van der Waals surface area contributed by atoms with Crippen molar-refractivity contribution >= 4 is 50.6 Å². The van der Waals surface area contributed by atoms with Gasteiger partial charge in [0.15, 0.2) is 0 Å². The predicted octanol–water partition coefficient (Wildman–Crippen LogP) is 6.92. The van der Waals surface area contributed by atoms with Gasteiger partial charge in [0.05, 0.1) is 12.2 Å². The molecule has 0 fully saturated rings. The maximum atomic E-state index is 13.3. The van der Waals surface area contributed by atoms with E-state index in [1.807, 2.05) is 60.1 Å². The van der Waals surface area contributed by atoms with Crippen molar-refractivity contribution in [2.45, 2.75) is 13.0 Å².